The molecule has 0 amide bonds. The molecule has 34 heavy (non-hydrogen) atoms. The zero-order chi connectivity index (χ0) is 24.2. The molecule has 4 rings (SSSR count). The Balaban J connectivity index is 1.76. The summed E-state index contributed by atoms with van der Waals surface area (Å²) < 4.78 is 30.5. The van der Waals surface area contributed by atoms with E-state index in [1.165, 1.54) is 19.2 Å². The van der Waals surface area contributed by atoms with Crippen molar-refractivity contribution in [2.75, 3.05) is 20.3 Å². The van der Waals surface area contributed by atoms with Gasteiger partial charge in [0.25, 0.3) is 5.89 Å². The molecule has 9 heteroatoms. The Labute approximate surface area is 203 Å². The lowest BCUT2D eigenvalue weighted by Gasteiger charge is -2.37. The highest BCUT2D eigenvalue weighted by Crippen LogP contribution is 2.38. The minimum absolute atomic E-state index is 0.154. The molecule has 1 aromatic heterocycles. The molecule has 1 unspecified atom stereocenters. The van der Waals surface area contributed by atoms with Crippen molar-refractivity contribution in [3.05, 3.63) is 65.4 Å². The van der Waals surface area contributed by atoms with Crippen LogP contribution in [-0.2, 0) is 0 Å². The molecule has 1 aliphatic heterocycles. The fraction of sp³-hybridized carbons (Fsp3) is 0.320. The van der Waals surface area contributed by atoms with Crippen molar-refractivity contribution in [3.8, 4) is 22.9 Å². The predicted molar refractivity (Wildman–Crippen MR) is 132 cm³/mol. The van der Waals surface area contributed by atoms with E-state index in [9.17, 15) is 4.39 Å². The van der Waals surface area contributed by atoms with Gasteiger partial charge in [-0.2, -0.15) is 4.98 Å². The summed E-state index contributed by atoms with van der Waals surface area (Å²) in [6.07, 6.45) is 0.917. The smallest absolute Gasteiger partial charge is 0.258 e. The molecule has 3 aromatic rings. The first-order valence-electron chi connectivity index (χ1n) is 11.2. The summed E-state index contributed by atoms with van der Waals surface area (Å²) in [5, 5.41) is 8.19. The molecule has 0 bridgehead atoms. The number of nitrogens with zero attached hydrogens (tertiary/aromatic N) is 3. The summed E-state index contributed by atoms with van der Waals surface area (Å²) in [6, 6.07) is 12.1. The van der Waals surface area contributed by atoms with Crippen LogP contribution < -0.4 is 14.8 Å². The maximum absolute atomic E-state index is 14.2. The molecule has 2 aromatic carbocycles. The quantitative estimate of drug-likeness (QED) is 0.431. The average molecular weight is 483 g/mol. The van der Waals surface area contributed by atoms with Gasteiger partial charge in [0.1, 0.15) is 5.75 Å². The molecule has 7 nitrogen and oxygen atoms in total. The standard InChI is InChI=1S/C25H27FN4O3S/c1-5-13-30-15(3)21(22(27-25(30)34)16-7-10-18(11-8-16)32-6-2)24-28-23(29-33-24)17-9-12-20(31-4)19(26)14-17/h7-12,14,22H,5-6,13H2,1-4H3,(H,27,34). The van der Waals surface area contributed by atoms with Crippen molar-refractivity contribution in [1.29, 1.82) is 0 Å². The number of halogens is 1. The van der Waals surface area contributed by atoms with Crippen LogP contribution in [0.15, 0.2) is 52.7 Å². The van der Waals surface area contributed by atoms with E-state index >= 15 is 0 Å². The topological polar surface area (TPSA) is 72.7 Å². The first-order chi connectivity index (χ1) is 16.5. The number of hydrogen-bond acceptors (Lipinski definition) is 6. The zero-order valence-corrected chi connectivity index (χ0v) is 20.4. The third kappa shape index (κ3) is 4.61. The molecule has 0 fully saturated rings. The first-order valence-corrected chi connectivity index (χ1v) is 11.6. The zero-order valence-electron chi connectivity index (χ0n) is 19.6. The molecule has 0 radical (unpaired) electrons. The summed E-state index contributed by atoms with van der Waals surface area (Å²) in [6.45, 7) is 7.39. The minimum Gasteiger partial charge on any atom is -0.494 e. The van der Waals surface area contributed by atoms with E-state index < -0.39 is 5.82 Å². The average Bonchev–Trinajstić information content (AvgIpc) is 3.32. The molecule has 0 saturated carbocycles. The molecule has 178 valence electrons. The summed E-state index contributed by atoms with van der Waals surface area (Å²) >= 11 is 5.67. The number of thiocarbonyl (C=S) groups is 1. The van der Waals surface area contributed by atoms with Gasteiger partial charge in [-0.1, -0.05) is 24.2 Å². The molecule has 1 aliphatic rings. The molecule has 1 atom stereocenters. The predicted octanol–water partition coefficient (Wildman–Crippen LogP) is 5.36. The van der Waals surface area contributed by atoms with Crippen molar-refractivity contribution < 1.29 is 18.4 Å². The number of aromatic nitrogens is 2. The Kier molecular flexibility index (Phi) is 7.12. The number of allylic oxidation sites excluding steroid dienone is 1. The van der Waals surface area contributed by atoms with Gasteiger partial charge in [-0.15, -0.1) is 0 Å². The molecule has 1 N–H and O–H groups in total. The van der Waals surface area contributed by atoms with Crippen LogP contribution >= 0.6 is 12.2 Å². The highest BCUT2D eigenvalue weighted by atomic mass is 32.1. The van der Waals surface area contributed by atoms with Crippen molar-refractivity contribution in [2.24, 2.45) is 0 Å². The van der Waals surface area contributed by atoms with Crippen molar-refractivity contribution >= 4 is 22.9 Å². The van der Waals surface area contributed by atoms with Gasteiger partial charge in [-0.25, -0.2) is 4.39 Å². The molecular formula is C25H27FN4O3S. The lowest BCUT2D eigenvalue weighted by molar-refractivity contribution is 0.340. The summed E-state index contributed by atoms with van der Waals surface area (Å²) in [4.78, 5) is 6.65. The maximum Gasteiger partial charge on any atom is 0.258 e. The molecule has 0 saturated heterocycles. The van der Waals surface area contributed by atoms with E-state index in [-0.39, 0.29) is 17.6 Å². The SMILES string of the molecule is CCCN1C(=S)NC(c2ccc(OCC)cc2)C(c2nc(-c3ccc(OC)c(F)c3)no2)=C1C. The van der Waals surface area contributed by atoms with Gasteiger partial charge in [0, 0.05) is 17.8 Å². The Hall–Kier alpha value is -3.46. The van der Waals surface area contributed by atoms with E-state index in [0.717, 1.165) is 35.5 Å². The normalized spacial score (nSPS) is 16.0. The number of nitrogens with one attached hydrogen (secondary N) is 1. The van der Waals surface area contributed by atoms with Gasteiger partial charge in [0.15, 0.2) is 16.7 Å². The number of ether oxygens (including phenoxy) is 2. The summed E-state index contributed by atoms with van der Waals surface area (Å²) in [7, 11) is 1.42. The Morgan fingerprint density at radius 3 is 2.59 bits per heavy atom. The Bertz CT molecular complexity index is 1210. The Morgan fingerprint density at radius 2 is 1.94 bits per heavy atom. The second-order valence-corrected chi connectivity index (χ2v) is 8.19. The van der Waals surface area contributed by atoms with Crippen LogP contribution in [0.2, 0.25) is 0 Å². The van der Waals surface area contributed by atoms with Crippen LogP contribution in [0.25, 0.3) is 17.0 Å². The van der Waals surface area contributed by atoms with E-state index in [0.29, 0.717) is 23.2 Å². The van der Waals surface area contributed by atoms with E-state index in [1.54, 1.807) is 6.07 Å². The van der Waals surface area contributed by atoms with Crippen LogP contribution in [0.3, 0.4) is 0 Å². The van der Waals surface area contributed by atoms with Gasteiger partial charge in [0.2, 0.25) is 5.82 Å². The third-order valence-electron chi connectivity index (χ3n) is 5.63. The molecule has 2 heterocycles. The maximum atomic E-state index is 14.2. The van der Waals surface area contributed by atoms with E-state index in [1.807, 2.05) is 43.0 Å². The molecule has 0 spiro atoms. The van der Waals surface area contributed by atoms with Crippen molar-refractivity contribution in [3.63, 3.8) is 0 Å². The summed E-state index contributed by atoms with van der Waals surface area (Å²) in [5.74, 6) is 1.09. The fourth-order valence-electron chi connectivity index (χ4n) is 3.98. The largest absolute Gasteiger partial charge is 0.494 e. The van der Waals surface area contributed by atoms with Crippen LogP contribution in [0.5, 0.6) is 11.5 Å². The number of hydrogen-bond donors (Lipinski definition) is 1. The fourth-order valence-corrected chi connectivity index (χ4v) is 4.33. The monoisotopic (exact) mass is 482 g/mol. The second-order valence-electron chi connectivity index (χ2n) is 7.81. The van der Waals surface area contributed by atoms with Crippen LogP contribution in [0, 0.1) is 5.82 Å². The highest BCUT2D eigenvalue weighted by molar-refractivity contribution is 7.80. The van der Waals surface area contributed by atoms with Crippen LogP contribution in [-0.4, -0.2) is 40.4 Å². The summed E-state index contributed by atoms with van der Waals surface area (Å²) in [5.41, 5.74) is 3.22. The van der Waals surface area contributed by atoms with Crippen molar-refractivity contribution in [2.45, 2.75) is 33.2 Å². The lowest BCUT2D eigenvalue weighted by atomic mass is 9.94. The lowest BCUT2D eigenvalue weighted by Crippen LogP contribution is -2.46. The van der Waals surface area contributed by atoms with Gasteiger partial charge >= 0.3 is 0 Å². The molecular weight excluding hydrogens is 455 g/mol. The van der Waals surface area contributed by atoms with E-state index in [2.05, 4.69) is 22.4 Å². The number of methoxy groups -OCH3 is 1. The van der Waals surface area contributed by atoms with Crippen LogP contribution in [0.4, 0.5) is 4.39 Å². The number of benzene rings is 2. The van der Waals surface area contributed by atoms with Crippen molar-refractivity contribution in [1.82, 2.24) is 20.4 Å². The highest BCUT2D eigenvalue weighted by Gasteiger charge is 2.33. The number of rotatable bonds is 8. The molecule has 0 aliphatic carbocycles. The van der Waals surface area contributed by atoms with Gasteiger partial charge in [-0.3, -0.25) is 0 Å². The third-order valence-corrected chi connectivity index (χ3v) is 5.97. The van der Waals surface area contributed by atoms with Gasteiger partial charge in [0.05, 0.1) is 25.3 Å². The van der Waals surface area contributed by atoms with E-state index in [4.69, 9.17) is 26.2 Å². The van der Waals surface area contributed by atoms with Gasteiger partial charge in [-0.05, 0) is 68.4 Å². The van der Waals surface area contributed by atoms with Crippen LogP contribution in [0.1, 0.15) is 44.7 Å². The minimum atomic E-state index is -0.493. The Morgan fingerprint density at radius 1 is 1.18 bits per heavy atom. The van der Waals surface area contributed by atoms with Gasteiger partial charge < -0.3 is 24.2 Å². The first kappa shape index (κ1) is 23.7. The second kappa shape index (κ2) is 10.2.